The van der Waals surface area contributed by atoms with Crippen molar-refractivity contribution >= 4 is 23.2 Å². The second-order valence-electron chi connectivity index (χ2n) is 8.62. The topological polar surface area (TPSA) is 83.8 Å². The Morgan fingerprint density at radius 1 is 0.895 bits per heavy atom. The van der Waals surface area contributed by atoms with Gasteiger partial charge in [-0.1, -0.05) is 17.7 Å². The van der Waals surface area contributed by atoms with Crippen molar-refractivity contribution in [2.24, 2.45) is 0 Å². The van der Waals surface area contributed by atoms with Gasteiger partial charge in [-0.15, -0.1) is 0 Å². The summed E-state index contributed by atoms with van der Waals surface area (Å²) in [5, 5.41) is 8.30. The molecule has 1 aromatic heterocycles. The highest BCUT2D eigenvalue weighted by atomic mass is 35.5. The summed E-state index contributed by atoms with van der Waals surface area (Å²) in [5.74, 6) is 2.35. The van der Waals surface area contributed by atoms with Gasteiger partial charge in [0, 0.05) is 16.1 Å². The Kier molecular flexibility index (Phi) is 8.43. The van der Waals surface area contributed by atoms with E-state index in [1.807, 2.05) is 36.7 Å². The third kappa shape index (κ3) is 6.03. The van der Waals surface area contributed by atoms with E-state index in [9.17, 15) is 4.79 Å². The van der Waals surface area contributed by atoms with Crippen LogP contribution in [-0.4, -0.2) is 37.0 Å². The molecule has 0 atom stereocenters. The summed E-state index contributed by atoms with van der Waals surface area (Å²) >= 11 is 5.95. The fourth-order valence-corrected chi connectivity index (χ4v) is 4.22. The average Bonchev–Trinajstić information content (AvgIpc) is 3.19. The first-order valence-electron chi connectivity index (χ1n) is 11.9. The second kappa shape index (κ2) is 11.9. The van der Waals surface area contributed by atoms with Gasteiger partial charge < -0.3 is 24.3 Å². The van der Waals surface area contributed by atoms with Gasteiger partial charge in [-0.3, -0.25) is 9.48 Å². The molecule has 0 aliphatic carbocycles. The number of hydrogen-bond donors (Lipinski definition) is 1. The van der Waals surface area contributed by atoms with Crippen LogP contribution < -0.4 is 24.3 Å². The molecule has 198 valence electrons. The zero-order chi connectivity index (χ0) is 27.2. The van der Waals surface area contributed by atoms with Gasteiger partial charge in [-0.2, -0.15) is 5.10 Å². The van der Waals surface area contributed by atoms with Crippen molar-refractivity contribution in [1.29, 1.82) is 0 Å². The first-order chi connectivity index (χ1) is 18.3. The molecular weight excluding hydrogens is 506 g/mol. The molecule has 3 aromatic carbocycles. The molecular formula is C29H30ClN3O5. The van der Waals surface area contributed by atoms with E-state index in [2.05, 4.69) is 10.4 Å². The summed E-state index contributed by atoms with van der Waals surface area (Å²) in [6, 6.07) is 18.1. The number of amides is 1. The molecule has 4 rings (SSSR count). The number of carbonyl (C=O) groups excluding carboxylic acids is 1. The summed E-state index contributed by atoms with van der Waals surface area (Å²) in [5.41, 5.74) is 4.44. The van der Waals surface area contributed by atoms with Crippen molar-refractivity contribution in [1.82, 2.24) is 9.78 Å². The van der Waals surface area contributed by atoms with Crippen LogP contribution in [0.4, 0.5) is 5.69 Å². The molecule has 8 nitrogen and oxygen atoms in total. The van der Waals surface area contributed by atoms with Crippen LogP contribution in [0.15, 0.2) is 60.7 Å². The molecule has 1 amide bonds. The fraction of sp³-hybridized carbons (Fsp3) is 0.241. The number of nitrogens with zero attached hydrogens (tertiary/aromatic N) is 2. The minimum absolute atomic E-state index is 0.229. The third-order valence-electron chi connectivity index (χ3n) is 6.15. The number of rotatable bonds is 10. The van der Waals surface area contributed by atoms with Crippen LogP contribution >= 0.6 is 11.6 Å². The third-order valence-corrected chi connectivity index (χ3v) is 6.40. The van der Waals surface area contributed by atoms with Crippen LogP contribution in [0.2, 0.25) is 5.02 Å². The Labute approximate surface area is 227 Å². The van der Waals surface area contributed by atoms with Gasteiger partial charge in [-0.25, -0.2) is 0 Å². The van der Waals surface area contributed by atoms with Crippen LogP contribution in [0.25, 0.3) is 0 Å². The Balaban J connectivity index is 1.50. The number of carbonyl (C=O) groups is 1. The quantitative estimate of drug-likeness (QED) is 0.266. The van der Waals surface area contributed by atoms with Gasteiger partial charge in [0.25, 0.3) is 5.91 Å². The van der Waals surface area contributed by atoms with Crippen LogP contribution in [0.1, 0.15) is 32.9 Å². The Morgan fingerprint density at radius 3 is 2.26 bits per heavy atom. The van der Waals surface area contributed by atoms with E-state index in [1.54, 1.807) is 63.8 Å². The molecule has 1 N–H and O–H groups in total. The van der Waals surface area contributed by atoms with Gasteiger partial charge in [0.15, 0.2) is 11.5 Å². The van der Waals surface area contributed by atoms with Crippen LogP contribution in [0.5, 0.6) is 23.0 Å². The van der Waals surface area contributed by atoms with Crippen molar-refractivity contribution in [2.75, 3.05) is 26.6 Å². The predicted octanol–water partition coefficient (Wildman–Crippen LogP) is 6.06. The lowest BCUT2D eigenvalue weighted by molar-refractivity contribution is 0.102. The number of benzene rings is 3. The zero-order valence-electron chi connectivity index (χ0n) is 22.0. The molecule has 4 aromatic rings. The molecule has 9 heteroatoms. The lowest BCUT2D eigenvalue weighted by Crippen LogP contribution is -2.14. The molecule has 0 bridgehead atoms. The SMILES string of the molecule is COc1ccc(C(=O)Nc2c(C)nn(Cc3ccc(OC)c(OC)c3)c2C)cc1COc1ccc(Cl)cc1. The highest BCUT2D eigenvalue weighted by molar-refractivity contribution is 6.30. The molecule has 1 heterocycles. The van der Waals surface area contributed by atoms with Gasteiger partial charge in [0.2, 0.25) is 0 Å². The summed E-state index contributed by atoms with van der Waals surface area (Å²) in [6.45, 7) is 4.54. The number of halogens is 1. The molecule has 0 aliphatic rings. The summed E-state index contributed by atoms with van der Waals surface area (Å²) < 4.78 is 23.9. The second-order valence-corrected chi connectivity index (χ2v) is 9.05. The minimum atomic E-state index is -0.253. The Hall–Kier alpha value is -4.17. The predicted molar refractivity (Wildman–Crippen MR) is 147 cm³/mol. The highest BCUT2D eigenvalue weighted by Gasteiger charge is 2.17. The number of ether oxygens (including phenoxy) is 4. The van der Waals surface area contributed by atoms with Gasteiger partial charge in [0.05, 0.1) is 44.9 Å². The largest absolute Gasteiger partial charge is 0.496 e. The van der Waals surface area contributed by atoms with Crippen molar-refractivity contribution in [2.45, 2.75) is 27.0 Å². The monoisotopic (exact) mass is 535 g/mol. The first-order valence-corrected chi connectivity index (χ1v) is 12.3. The molecule has 0 radical (unpaired) electrons. The molecule has 0 fully saturated rings. The standard InChI is InChI=1S/C29H30ClN3O5/c1-18-28(19(2)33(32-18)16-20-6-12-26(36-4)27(14-20)37-5)31-29(34)21-7-13-25(35-3)22(15-21)17-38-24-10-8-23(30)9-11-24/h6-15H,16-17H2,1-5H3,(H,31,34). The van der Waals surface area contributed by atoms with E-state index in [0.29, 0.717) is 45.8 Å². The van der Waals surface area contributed by atoms with E-state index >= 15 is 0 Å². The smallest absolute Gasteiger partial charge is 0.255 e. The van der Waals surface area contributed by atoms with E-state index in [-0.39, 0.29) is 12.5 Å². The number of aromatic nitrogens is 2. The van der Waals surface area contributed by atoms with Gasteiger partial charge in [0.1, 0.15) is 18.1 Å². The average molecular weight is 536 g/mol. The molecule has 0 saturated carbocycles. The van der Waals surface area contributed by atoms with Gasteiger partial charge in [-0.05, 0) is 74.0 Å². The fourth-order valence-electron chi connectivity index (χ4n) is 4.09. The van der Waals surface area contributed by atoms with Crippen LogP contribution in [-0.2, 0) is 13.2 Å². The normalized spacial score (nSPS) is 10.7. The van der Waals surface area contributed by atoms with E-state index < -0.39 is 0 Å². The number of hydrogen-bond acceptors (Lipinski definition) is 6. The van der Waals surface area contributed by atoms with Crippen molar-refractivity contribution in [3.63, 3.8) is 0 Å². The number of methoxy groups -OCH3 is 3. The maximum atomic E-state index is 13.2. The van der Waals surface area contributed by atoms with E-state index in [1.165, 1.54) is 0 Å². The van der Waals surface area contributed by atoms with Crippen molar-refractivity contribution in [3.05, 3.63) is 93.8 Å². The molecule has 0 spiro atoms. The van der Waals surface area contributed by atoms with Crippen molar-refractivity contribution < 1.29 is 23.7 Å². The number of aryl methyl sites for hydroxylation is 1. The van der Waals surface area contributed by atoms with E-state index in [4.69, 9.17) is 30.5 Å². The maximum Gasteiger partial charge on any atom is 0.255 e. The molecule has 0 unspecified atom stereocenters. The molecule has 0 aliphatic heterocycles. The highest BCUT2D eigenvalue weighted by Crippen LogP contribution is 2.29. The molecule has 38 heavy (non-hydrogen) atoms. The molecule has 0 saturated heterocycles. The number of nitrogens with one attached hydrogen (secondary N) is 1. The van der Waals surface area contributed by atoms with E-state index in [0.717, 1.165) is 22.5 Å². The lowest BCUT2D eigenvalue weighted by atomic mass is 10.1. The van der Waals surface area contributed by atoms with Crippen LogP contribution in [0, 0.1) is 13.8 Å². The van der Waals surface area contributed by atoms with Crippen molar-refractivity contribution in [3.8, 4) is 23.0 Å². The lowest BCUT2D eigenvalue weighted by Gasteiger charge is -2.13. The first kappa shape index (κ1) is 26.9. The minimum Gasteiger partial charge on any atom is -0.496 e. The summed E-state index contributed by atoms with van der Waals surface area (Å²) in [6.07, 6.45) is 0. The summed E-state index contributed by atoms with van der Waals surface area (Å²) in [7, 11) is 4.79. The Morgan fingerprint density at radius 2 is 1.58 bits per heavy atom. The Bertz CT molecular complexity index is 1430. The number of anilines is 1. The van der Waals surface area contributed by atoms with Crippen LogP contribution in [0.3, 0.4) is 0 Å². The maximum absolute atomic E-state index is 13.2. The zero-order valence-corrected chi connectivity index (χ0v) is 22.8. The summed E-state index contributed by atoms with van der Waals surface area (Å²) in [4.78, 5) is 13.2. The van der Waals surface area contributed by atoms with Gasteiger partial charge >= 0.3 is 0 Å².